The Morgan fingerprint density at radius 2 is 2.00 bits per heavy atom. The number of carboxylic acid groups (broad SMARTS) is 1. The highest BCUT2D eigenvalue weighted by molar-refractivity contribution is 7.12. The molecule has 0 saturated carbocycles. The van der Waals surface area contributed by atoms with Crippen LogP contribution in [-0.2, 0) is 9.47 Å². The third-order valence-corrected chi connectivity index (χ3v) is 4.41. The van der Waals surface area contributed by atoms with E-state index in [0.717, 1.165) is 31.6 Å². The molecule has 0 bridgehead atoms. The minimum Gasteiger partial charge on any atom is -0.477 e. The molecule has 0 aliphatic carbocycles. The van der Waals surface area contributed by atoms with Crippen molar-refractivity contribution in [2.45, 2.75) is 18.6 Å². The number of hydrogen-bond acceptors (Lipinski definition) is 5. The first-order valence-electron chi connectivity index (χ1n) is 6.03. The first-order valence-corrected chi connectivity index (χ1v) is 6.91. The van der Waals surface area contributed by atoms with Crippen LogP contribution in [-0.4, -0.2) is 43.2 Å². The second-order valence-corrected chi connectivity index (χ2v) is 5.48. The van der Waals surface area contributed by atoms with Crippen LogP contribution >= 0.6 is 11.3 Å². The Bertz CT molecular complexity index is 443. The Labute approximate surface area is 109 Å². The van der Waals surface area contributed by atoms with E-state index in [1.54, 1.807) is 6.07 Å². The number of piperidine rings is 1. The van der Waals surface area contributed by atoms with Crippen LogP contribution in [0.1, 0.15) is 22.5 Å². The minimum absolute atomic E-state index is 0.373. The molecule has 0 atom stereocenters. The Morgan fingerprint density at radius 1 is 1.33 bits per heavy atom. The number of carbonyl (C=O) groups is 1. The average Bonchev–Trinajstić information content (AvgIpc) is 3.00. The highest BCUT2D eigenvalue weighted by Gasteiger charge is 2.39. The summed E-state index contributed by atoms with van der Waals surface area (Å²) in [5.74, 6) is -1.23. The molecule has 3 rings (SSSR count). The zero-order valence-corrected chi connectivity index (χ0v) is 10.7. The van der Waals surface area contributed by atoms with Crippen LogP contribution in [0.4, 0.5) is 5.69 Å². The van der Waals surface area contributed by atoms with Crippen molar-refractivity contribution in [3.63, 3.8) is 0 Å². The Balaban J connectivity index is 1.66. The van der Waals surface area contributed by atoms with Gasteiger partial charge in [-0.3, -0.25) is 0 Å². The molecule has 0 unspecified atom stereocenters. The molecule has 1 aromatic rings. The van der Waals surface area contributed by atoms with E-state index in [9.17, 15) is 4.79 Å². The molecule has 98 valence electrons. The van der Waals surface area contributed by atoms with Crippen LogP contribution in [0.25, 0.3) is 0 Å². The summed E-state index contributed by atoms with van der Waals surface area (Å²) < 4.78 is 11.3. The van der Waals surface area contributed by atoms with Crippen LogP contribution in [0.3, 0.4) is 0 Å². The fraction of sp³-hybridized carbons (Fsp3) is 0.583. The molecule has 2 aliphatic rings. The van der Waals surface area contributed by atoms with E-state index in [1.165, 1.54) is 11.3 Å². The summed E-state index contributed by atoms with van der Waals surface area (Å²) >= 11 is 1.27. The molecule has 0 aromatic carbocycles. The molecule has 3 heterocycles. The fourth-order valence-electron chi connectivity index (χ4n) is 2.50. The third-order valence-electron chi connectivity index (χ3n) is 3.50. The summed E-state index contributed by atoms with van der Waals surface area (Å²) in [6.07, 6.45) is 1.68. The molecule has 1 N–H and O–H groups in total. The molecule has 0 amide bonds. The molecular formula is C12H15NO4S. The van der Waals surface area contributed by atoms with Crippen molar-refractivity contribution in [1.29, 1.82) is 0 Å². The second kappa shape index (κ2) is 4.53. The van der Waals surface area contributed by atoms with Crippen molar-refractivity contribution in [3.8, 4) is 0 Å². The van der Waals surface area contributed by atoms with Crippen molar-refractivity contribution in [3.05, 3.63) is 16.3 Å². The van der Waals surface area contributed by atoms with Gasteiger partial charge in [0.1, 0.15) is 4.88 Å². The zero-order valence-electron chi connectivity index (χ0n) is 9.92. The fourth-order valence-corrected chi connectivity index (χ4v) is 3.25. The first-order chi connectivity index (χ1) is 8.69. The maximum atomic E-state index is 10.9. The van der Waals surface area contributed by atoms with Gasteiger partial charge in [-0.15, -0.1) is 11.3 Å². The quantitative estimate of drug-likeness (QED) is 0.887. The van der Waals surface area contributed by atoms with E-state index in [1.807, 2.05) is 5.38 Å². The van der Waals surface area contributed by atoms with E-state index in [-0.39, 0.29) is 5.79 Å². The van der Waals surface area contributed by atoms with Gasteiger partial charge < -0.3 is 19.5 Å². The van der Waals surface area contributed by atoms with Crippen LogP contribution in [0.15, 0.2) is 11.4 Å². The highest BCUT2D eigenvalue weighted by Crippen LogP contribution is 2.34. The van der Waals surface area contributed by atoms with E-state index in [4.69, 9.17) is 14.6 Å². The standard InChI is InChI=1S/C12H15NO4S/c14-11(15)10-7-9(8-18-10)13-3-1-12(2-4-13)16-5-6-17-12/h7-8H,1-6H2,(H,14,15). The first kappa shape index (κ1) is 12.0. The second-order valence-electron chi connectivity index (χ2n) is 4.57. The molecule has 1 spiro atoms. The van der Waals surface area contributed by atoms with Crippen LogP contribution in [0, 0.1) is 0 Å². The van der Waals surface area contributed by atoms with Gasteiger partial charge in [-0.2, -0.15) is 0 Å². The maximum Gasteiger partial charge on any atom is 0.345 e. The molecule has 1 aromatic heterocycles. The van der Waals surface area contributed by atoms with Gasteiger partial charge in [0.15, 0.2) is 5.79 Å². The van der Waals surface area contributed by atoms with Crippen molar-refractivity contribution < 1.29 is 19.4 Å². The predicted octanol–water partition coefficient (Wildman–Crippen LogP) is 1.79. The van der Waals surface area contributed by atoms with Crippen LogP contribution in [0.5, 0.6) is 0 Å². The molecule has 2 fully saturated rings. The largest absolute Gasteiger partial charge is 0.477 e. The van der Waals surface area contributed by atoms with E-state index in [0.29, 0.717) is 18.1 Å². The van der Waals surface area contributed by atoms with Crippen molar-refractivity contribution in [2.75, 3.05) is 31.2 Å². The zero-order chi connectivity index (χ0) is 12.6. The number of aromatic carboxylic acids is 1. The SMILES string of the molecule is O=C(O)c1cc(N2CCC3(CC2)OCCO3)cs1. The normalized spacial score (nSPS) is 22.6. The number of thiophene rings is 1. The lowest BCUT2D eigenvalue weighted by atomic mass is 10.0. The van der Waals surface area contributed by atoms with Gasteiger partial charge in [0.25, 0.3) is 0 Å². The number of rotatable bonds is 2. The van der Waals surface area contributed by atoms with E-state index >= 15 is 0 Å². The Morgan fingerprint density at radius 3 is 2.56 bits per heavy atom. The maximum absolute atomic E-state index is 10.9. The van der Waals surface area contributed by atoms with Gasteiger partial charge in [0, 0.05) is 37.0 Å². The summed E-state index contributed by atoms with van der Waals surface area (Å²) in [4.78, 5) is 13.4. The number of hydrogen-bond donors (Lipinski definition) is 1. The lowest BCUT2D eigenvalue weighted by molar-refractivity contribution is -0.169. The summed E-state index contributed by atoms with van der Waals surface area (Å²) in [5, 5.41) is 10.8. The molecule has 18 heavy (non-hydrogen) atoms. The Hall–Kier alpha value is -1.11. The van der Waals surface area contributed by atoms with Gasteiger partial charge in [0.05, 0.1) is 13.2 Å². The number of nitrogens with zero attached hydrogens (tertiary/aromatic N) is 1. The predicted molar refractivity (Wildman–Crippen MR) is 67.4 cm³/mol. The monoisotopic (exact) mass is 269 g/mol. The van der Waals surface area contributed by atoms with Crippen molar-refractivity contribution in [1.82, 2.24) is 0 Å². The molecule has 6 heteroatoms. The lowest BCUT2D eigenvalue weighted by Gasteiger charge is -2.38. The lowest BCUT2D eigenvalue weighted by Crippen LogP contribution is -2.45. The minimum atomic E-state index is -0.859. The van der Waals surface area contributed by atoms with Gasteiger partial charge >= 0.3 is 5.97 Å². The number of anilines is 1. The van der Waals surface area contributed by atoms with Gasteiger partial charge in [0.2, 0.25) is 0 Å². The third kappa shape index (κ3) is 2.11. The molecular weight excluding hydrogens is 254 g/mol. The van der Waals surface area contributed by atoms with Gasteiger partial charge in [-0.25, -0.2) is 4.79 Å². The van der Waals surface area contributed by atoms with Crippen molar-refractivity contribution in [2.24, 2.45) is 0 Å². The summed E-state index contributed by atoms with van der Waals surface area (Å²) in [5.41, 5.74) is 0.991. The van der Waals surface area contributed by atoms with Crippen LogP contribution in [0.2, 0.25) is 0 Å². The molecule has 0 radical (unpaired) electrons. The van der Waals surface area contributed by atoms with E-state index in [2.05, 4.69) is 4.90 Å². The summed E-state index contributed by atoms with van der Waals surface area (Å²) in [6.45, 7) is 3.05. The Kier molecular flexibility index (Phi) is 3.01. The van der Waals surface area contributed by atoms with Crippen LogP contribution < -0.4 is 4.90 Å². The molecule has 2 aliphatic heterocycles. The van der Waals surface area contributed by atoms with Crippen molar-refractivity contribution >= 4 is 23.0 Å². The topological polar surface area (TPSA) is 59.0 Å². The molecule has 2 saturated heterocycles. The highest BCUT2D eigenvalue weighted by atomic mass is 32.1. The smallest absolute Gasteiger partial charge is 0.345 e. The summed E-state index contributed by atoms with van der Waals surface area (Å²) in [6, 6.07) is 1.74. The van der Waals surface area contributed by atoms with E-state index < -0.39 is 5.97 Å². The number of ether oxygens (including phenoxy) is 2. The molecule has 5 nitrogen and oxygen atoms in total. The average molecular weight is 269 g/mol. The van der Waals surface area contributed by atoms with Gasteiger partial charge in [-0.05, 0) is 6.07 Å². The van der Waals surface area contributed by atoms with Gasteiger partial charge in [-0.1, -0.05) is 0 Å². The number of carboxylic acids is 1. The summed E-state index contributed by atoms with van der Waals surface area (Å²) in [7, 11) is 0.